The molecular formula is C17H30N2O4. The van der Waals surface area contributed by atoms with Crippen molar-refractivity contribution < 1.29 is 19.1 Å². The zero-order valence-corrected chi connectivity index (χ0v) is 15.3. The minimum absolute atomic E-state index is 0.0418. The first-order valence-electron chi connectivity index (χ1n) is 8.45. The van der Waals surface area contributed by atoms with E-state index in [1.54, 1.807) is 4.90 Å². The van der Waals surface area contributed by atoms with Crippen LogP contribution < -0.4 is 0 Å². The summed E-state index contributed by atoms with van der Waals surface area (Å²) in [5.74, 6) is 0.0418. The SMILES string of the molecule is CCN1CC2(CCN(C(=O)OC(C)(C)C)CC2)OC(C)(C)C1=O. The standard InChI is InChI=1S/C17H30N2O4/c1-7-18-12-17(23-16(5,6)13(18)20)8-10-19(11-9-17)14(21)22-15(2,3)4/h7-12H2,1-6H3. The summed E-state index contributed by atoms with van der Waals surface area (Å²) < 4.78 is 11.6. The monoisotopic (exact) mass is 326 g/mol. The highest BCUT2D eigenvalue weighted by Crippen LogP contribution is 2.37. The van der Waals surface area contributed by atoms with Crippen LogP contribution in [-0.4, -0.2) is 64.8 Å². The summed E-state index contributed by atoms with van der Waals surface area (Å²) in [5.41, 5.74) is -1.64. The van der Waals surface area contributed by atoms with Crippen molar-refractivity contribution in [1.82, 2.24) is 9.80 Å². The molecule has 2 rings (SSSR count). The first kappa shape index (κ1) is 18.0. The summed E-state index contributed by atoms with van der Waals surface area (Å²) in [6, 6.07) is 0. The molecule has 0 aromatic carbocycles. The lowest BCUT2D eigenvalue weighted by atomic mass is 9.86. The Morgan fingerprint density at radius 1 is 1.26 bits per heavy atom. The fourth-order valence-corrected chi connectivity index (χ4v) is 3.36. The van der Waals surface area contributed by atoms with E-state index < -0.39 is 11.2 Å². The van der Waals surface area contributed by atoms with E-state index in [4.69, 9.17) is 9.47 Å². The van der Waals surface area contributed by atoms with E-state index >= 15 is 0 Å². The van der Waals surface area contributed by atoms with Gasteiger partial charge in [-0.05, 0) is 54.4 Å². The van der Waals surface area contributed by atoms with E-state index in [0.717, 1.165) is 12.8 Å². The number of carbonyl (C=O) groups excluding carboxylic acids is 2. The Morgan fingerprint density at radius 2 is 1.83 bits per heavy atom. The van der Waals surface area contributed by atoms with Crippen molar-refractivity contribution in [3.8, 4) is 0 Å². The van der Waals surface area contributed by atoms with E-state index in [0.29, 0.717) is 26.2 Å². The van der Waals surface area contributed by atoms with Gasteiger partial charge in [0.2, 0.25) is 0 Å². The second-order valence-corrected chi connectivity index (χ2v) is 8.08. The maximum atomic E-state index is 12.3. The van der Waals surface area contributed by atoms with Crippen LogP contribution in [0.1, 0.15) is 54.4 Å². The number of nitrogens with zero attached hydrogens (tertiary/aromatic N) is 2. The maximum absolute atomic E-state index is 12.3. The molecule has 23 heavy (non-hydrogen) atoms. The Bertz CT molecular complexity index is 473. The number of piperidine rings is 1. The number of hydrogen-bond donors (Lipinski definition) is 0. The van der Waals surface area contributed by atoms with Gasteiger partial charge < -0.3 is 19.3 Å². The molecule has 0 bridgehead atoms. The molecule has 132 valence electrons. The van der Waals surface area contributed by atoms with Crippen LogP contribution in [0, 0.1) is 0 Å². The lowest BCUT2D eigenvalue weighted by Gasteiger charge is -2.52. The van der Waals surface area contributed by atoms with Crippen molar-refractivity contribution in [3.63, 3.8) is 0 Å². The number of amides is 2. The molecule has 0 saturated carbocycles. The number of likely N-dealkylation sites (N-methyl/N-ethyl adjacent to an activating group) is 1. The molecule has 0 unspecified atom stereocenters. The summed E-state index contributed by atoms with van der Waals surface area (Å²) in [6.45, 7) is 13.7. The van der Waals surface area contributed by atoms with Crippen LogP contribution in [-0.2, 0) is 14.3 Å². The topological polar surface area (TPSA) is 59.1 Å². The van der Waals surface area contributed by atoms with Gasteiger partial charge in [-0.25, -0.2) is 4.79 Å². The largest absolute Gasteiger partial charge is 0.444 e. The summed E-state index contributed by atoms with van der Waals surface area (Å²) >= 11 is 0. The Labute approximate surface area is 139 Å². The molecule has 2 saturated heterocycles. The van der Waals surface area contributed by atoms with Crippen molar-refractivity contribution in [3.05, 3.63) is 0 Å². The lowest BCUT2D eigenvalue weighted by Crippen LogP contribution is -2.65. The fourth-order valence-electron chi connectivity index (χ4n) is 3.36. The number of morpholine rings is 1. The highest BCUT2D eigenvalue weighted by Gasteiger charge is 2.50. The third kappa shape index (κ3) is 3.97. The lowest BCUT2D eigenvalue weighted by molar-refractivity contribution is -0.215. The average molecular weight is 326 g/mol. The van der Waals surface area contributed by atoms with Crippen molar-refractivity contribution in [2.75, 3.05) is 26.2 Å². The molecule has 1 spiro atoms. The highest BCUT2D eigenvalue weighted by molar-refractivity contribution is 5.85. The van der Waals surface area contributed by atoms with Crippen molar-refractivity contribution in [2.24, 2.45) is 0 Å². The Kier molecular flexibility index (Phi) is 4.68. The van der Waals surface area contributed by atoms with Crippen molar-refractivity contribution in [1.29, 1.82) is 0 Å². The normalized spacial score (nSPS) is 24.0. The molecule has 2 fully saturated rings. The second-order valence-electron chi connectivity index (χ2n) is 8.08. The van der Waals surface area contributed by atoms with Crippen LogP contribution in [0.5, 0.6) is 0 Å². The smallest absolute Gasteiger partial charge is 0.410 e. The minimum atomic E-state index is -0.803. The molecule has 2 amide bonds. The number of likely N-dealkylation sites (tertiary alicyclic amines) is 1. The molecule has 0 N–H and O–H groups in total. The number of carbonyl (C=O) groups is 2. The zero-order valence-electron chi connectivity index (χ0n) is 15.3. The van der Waals surface area contributed by atoms with Gasteiger partial charge in [0.25, 0.3) is 5.91 Å². The molecule has 2 heterocycles. The van der Waals surface area contributed by atoms with Gasteiger partial charge in [-0.2, -0.15) is 0 Å². The van der Waals surface area contributed by atoms with E-state index in [2.05, 4.69) is 0 Å². The number of rotatable bonds is 1. The van der Waals surface area contributed by atoms with E-state index in [1.807, 2.05) is 46.4 Å². The molecule has 2 aliphatic heterocycles. The first-order chi connectivity index (χ1) is 10.5. The molecule has 0 atom stereocenters. The third-order valence-electron chi connectivity index (χ3n) is 4.46. The summed E-state index contributed by atoms with van der Waals surface area (Å²) in [5, 5.41) is 0. The van der Waals surface area contributed by atoms with Gasteiger partial charge in [0.15, 0.2) is 0 Å². The Balaban J connectivity index is 2.02. The molecule has 2 aliphatic rings. The summed E-state index contributed by atoms with van der Waals surface area (Å²) in [7, 11) is 0. The van der Waals surface area contributed by atoms with Crippen LogP contribution in [0.25, 0.3) is 0 Å². The fraction of sp³-hybridized carbons (Fsp3) is 0.882. The summed E-state index contributed by atoms with van der Waals surface area (Å²) in [6.07, 6.45) is 1.17. The molecular weight excluding hydrogens is 296 g/mol. The molecule has 6 nitrogen and oxygen atoms in total. The summed E-state index contributed by atoms with van der Waals surface area (Å²) in [4.78, 5) is 28.1. The van der Waals surface area contributed by atoms with Crippen LogP contribution >= 0.6 is 0 Å². The van der Waals surface area contributed by atoms with E-state index in [-0.39, 0.29) is 17.6 Å². The average Bonchev–Trinajstić information content (AvgIpc) is 2.41. The quantitative estimate of drug-likeness (QED) is 0.742. The predicted molar refractivity (Wildman–Crippen MR) is 87.2 cm³/mol. The van der Waals surface area contributed by atoms with Crippen LogP contribution in [0.2, 0.25) is 0 Å². The molecule has 0 aromatic heterocycles. The predicted octanol–water partition coefficient (Wildman–Crippen LogP) is 2.41. The van der Waals surface area contributed by atoms with Gasteiger partial charge in [0.1, 0.15) is 11.2 Å². The molecule has 6 heteroatoms. The van der Waals surface area contributed by atoms with E-state index in [1.165, 1.54) is 0 Å². The minimum Gasteiger partial charge on any atom is -0.444 e. The molecule has 0 radical (unpaired) electrons. The van der Waals surface area contributed by atoms with Crippen molar-refractivity contribution in [2.45, 2.75) is 71.2 Å². The van der Waals surface area contributed by atoms with Crippen molar-refractivity contribution >= 4 is 12.0 Å². The van der Waals surface area contributed by atoms with Gasteiger partial charge in [0.05, 0.1) is 5.60 Å². The Morgan fingerprint density at radius 3 is 2.30 bits per heavy atom. The molecule has 0 aliphatic carbocycles. The van der Waals surface area contributed by atoms with Crippen LogP contribution in [0.15, 0.2) is 0 Å². The highest BCUT2D eigenvalue weighted by atomic mass is 16.6. The van der Waals surface area contributed by atoms with E-state index in [9.17, 15) is 9.59 Å². The van der Waals surface area contributed by atoms with Gasteiger partial charge >= 0.3 is 6.09 Å². The molecule has 0 aromatic rings. The zero-order chi connectivity index (χ0) is 17.5. The number of ether oxygens (including phenoxy) is 2. The van der Waals surface area contributed by atoms with Gasteiger partial charge in [-0.1, -0.05) is 0 Å². The maximum Gasteiger partial charge on any atom is 0.410 e. The van der Waals surface area contributed by atoms with Gasteiger partial charge in [-0.15, -0.1) is 0 Å². The van der Waals surface area contributed by atoms with Gasteiger partial charge in [-0.3, -0.25) is 4.79 Å². The van der Waals surface area contributed by atoms with Crippen LogP contribution in [0.3, 0.4) is 0 Å². The van der Waals surface area contributed by atoms with Crippen LogP contribution in [0.4, 0.5) is 4.79 Å². The second kappa shape index (κ2) is 5.96. The number of hydrogen-bond acceptors (Lipinski definition) is 4. The Hall–Kier alpha value is -1.30. The third-order valence-corrected chi connectivity index (χ3v) is 4.46. The first-order valence-corrected chi connectivity index (χ1v) is 8.45. The van der Waals surface area contributed by atoms with Gasteiger partial charge in [0, 0.05) is 26.2 Å².